The highest BCUT2D eigenvalue weighted by Gasteiger charge is 2.10. The Morgan fingerprint density at radius 1 is 1.09 bits per heavy atom. The summed E-state index contributed by atoms with van der Waals surface area (Å²) in [5.74, 6) is -0.0199. The second-order valence-corrected chi connectivity index (χ2v) is 4.80. The minimum Gasteiger partial charge on any atom is -0.495 e. The molecule has 0 fully saturated rings. The van der Waals surface area contributed by atoms with Crippen molar-refractivity contribution < 1.29 is 14.3 Å². The van der Waals surface area contributed by atoms with Gasteiger partial charge in [-0.1, -0.05) is 24.3 Å². The maximum absolute atomic E-state index is 11.9. The van der Waals surface area contributed by atoms with E-state index >= 15 is 0 Å². The van der Waals surface area contributed by atoms with E-state index in [2.05, 4.69) is 10.6 Å². The van der Waals surface area contributed by atoms with E-state index in [4.69, 9.17) is 4.74 Å². The Hall–Kier alpha value is -2.82. The van der Waals surface area contributed by atoms with Crippen LogP contribution in [0.1, 0.15) is 15.9 Å². The van der Waals surface area contributed by atoms with Gasteiger partial charge in [0.15, 0.2) is 0 Å². The summed E-state index contributed by atoms with van der Waals surface area (Å²) in [7, 11) is 1.54. The molecule has 114 valence electrons. The summed E-state index contributed by atoms with van der Waals surface area (Å²) in [6, 6.07) is 14.2. The normalized spacial score (nSPS) is 9.91. The molecule has 2 aromatic rings. The number of benzene rings is 2. The van der Waals surface area contributed by atoms with E-state index < -0.39 is 0 Å². The maximum Gasteiger partial charge on any atom is 0.251 e. The van der Waals surface area contributed by atoms with E-state index in [-0.39, 0.29) is 18.4 Å². The smallest absolute Gasteiger partial charge is 0.251 e. The molecule has 2 rings (SSSR count). The Balaban J connectivity index is 1.94. The summed E-state index contributed by atoms with van der Waals surface area (Å²) in [4.78, 5) is 23.8. The number of amides is 2. The molecule has 0 atom stereocenters. The van der Waals surface area contributed by atoms with Crippen molar-refractivity contribution in [3.63, 3.8) is 0 Å². The van der Waals surface area contributed by atoms with Gasteiger partial charge in [-0.05, 0) is 36.8 Å². The molecule has 2 N–H and O–H groups in total. The van der Waals surface area contributed by atoms with Crippen molar-refractivity contribution in [2.45, 2.75) is 6.92 Å². The molecular weight excluding hydrogens is 280 g/mol. The van der Waals surface area contributed by atoms with Crippen LogP contribution in [0.5, 0.6) is 5.75 Å². The fourth-order valence-electron chi connectivity index (χ4n) is 1.97. The number of methoxy groups -OCH3 is 1. The number of anilines is 1. The summed E-state index contributed by atoms with van der Waals surface area (Å²) >= 11 is 0. The van der Waals surface area contributed by atoms with Gasteiger partial charge in [-0.3, -0.25) is 9.59 Å². The average molecular weight is 298 g/mol. The van der Waals surface area contributed by atoms with Gasteiger partial charge in [-0.25, -0.2) is 0 Å². The quantitative estimate of drug-likeness (QED) is 0.890. The molecule has 0 bridgehead atoms. The van der Waals surface area contributed by atoms with Gasteiger partial charge in [0.1, 0.15) is 5.75 Å². The highest BCUT2D eigenvalue weighted by atomic mass is 16.5. The van der Waals surface area contributed by atoms with Crippen molar-refractivity contribution in [2.24, 2.45) is 0 Å². The summed E-state index contributed by atoms with van der Waals surface area (Å²) in [6.07, 6.45) is 0. The van der Waals surface area contributed by atoms with E-state index in [1.807, 2.05) is 25.1 Å². The van der Waals surface area contributed by atoms with Crippen molar-refractivity contribution in [3.8, 4) is 5.75 Å². The topological polar surface area (TPSA) is 67.4 Å². The van der Waals surface area contributed by atoms with E-state index in [0.29, 0.717) is 17.0 Å². The third-order valence-corrected chi connectivity index (χ3v) is 3.07. The van der Waals surface area contributed by atoms with Crippen molar-refractivity contribution >= 4 is 17.5 Å². The summed E-state index contributed by atoms with van der Waals surface area (Å²) in [5.41, 5.74) is 2.11. The third-order valence-electron chi connectivity index (χ3n) is 3.07. The molecule has 5 heteroatoms. The van der Waals surface area contributed by atoms with Crippen LogP contribution in [0.15, 0.2) is 48.5 Å². The zero-order chi connectivity index (χ0) is 15.9. The van der Waals surface area contributed by atoms with Crippen molar-refractivity contribution in [2.75, 3.05) is 19.0 Å². The lowest BCUT2D eigenvalue weighted by Gasteiger charge is -2.11. The Morgan fingerprint density at radius 3 is 2.50 bits per heavy atom. The standard InChI is InChI=1S/C17H18N2O3/c1-12-8-9-15(22-2)14(10-12)19-16(20)11-18-17(21)13-6-4-3-5-7-13/h3-10H,11H2,1-2H3,(H,18,21)(H,19,20). The predicted octanol–water partition coefficient (Wildman–Crippen LogP) is 2.37. The number of carbonyl (C=O) groups is 2. The zero-order valence-electron chi connectivity index (χ0n) is 12.6. The van der Waals surface area contributed by atoms with Gasteiger partial charge < -0.3 is 15.4 Å². The van der Waals surface area contributed by atoms with Gasteiger partial charge in [0.05, 0.1) is 19.3 Å². The Bertz CT molecular complexity index is 669. The van der Waals surface area contributed by atoms with E-state index in [0.717, 1.165) is 5.56 Å². The number of hydrogen-bond donors (Lipinski definition) is 2. The lowest BCUT2D eigenvalue weighted by atomic mass is 10.2. The number of rotatable bonds is 5. The number of ether oxygens (including phenoxy) is 1. The summed E-state index contributed by atoms with van der Waals surface area (Å²) in [5, 5.41) is 5.31. The van der Waals surface area contributed by atoms with E-state index in [1.54, 1.807) is 30.3 Å². The van der Waals surface area contributed by atoms with E-state index in [1.165, 1.54) is 7.11 Å². The van der Waals surface area contributed by atoms with Gasteiger partial charge in [0, 0.05) is 5.56 Å². The number of hydrogen-bond acceptors (Lipinski definition) is 3. The van der Waals surface area contributed by atoms with Gasteiger partial charge in [0.25, 0.3) is 5.91 Å². The molecule has 0 aliphatic carbocycles. The molecule has 22 heavy (non-hydrogen) atoms. The molecule has 0 aliphatic heterocycles. The minimum atomic E-state index is -0.312. The predicted molar refractivity (Wildman–Crippen MR) is 85.1 cm³/mol. The lowest BCUT2D eigenvalue weighted by Crippen LogP contribution is -2.32. The van der Waals surface area contributed by atoms with Crippen LogP contribution in [-0.4, -0.2) is 25.5 Å². The third kappa shape index (κ3) is 4.09. The Labute approximate surface area is 129 Å². The molecule has 0 saturated carbocycles. The Kier molecular flexibility index (Phi) is 5.14. The maximum atomic E-state index is 11.9. The molecule has 0 heterocycles. The monoisotopic (exact) mass is 298 g/mol. The van der Waals surface area contributed by atoms with E-state index in [9.17, 15) is 9.59 Å². The molecular formula is C17H18N2O3. The molecule has 0 spiro atoms. The summed E-state index contributed by atoms with van der Waals surface area (Å²) < 4.78 is 5.19. The number of aryl methyl sites for hydroxylation is 1. The first-order valence-electron chi connectivity index (χ1n) is 6.88. The number of carbonyl (C=O) groups excluding carboxylic acids is 2. The van der Waals surface area contributed by atoms with Crippen LogP contribution in [0.4, 0.5) is 5.69 Å². The summed E-state index contributed by atoms with van der Waals surface area (Å²) in [6.45, 7) is 1.82. The molecule has 0 saturated heterocycles. The second-order valence-electron chi connectivity index (χ2n) is 4.80. The molecule has 0 aromatic heterocycles. The SMILES string of the molecule is COc1ccc(C)cc1NC(=O)CNC(=O)c1ccccc1. The van der Waals surface area contributed by atoms with Crippen LogP contribution in [0, 0.1) is 6.92 Å². The van der Waals surface area contributed by atoms with Gasteiger partial charge in [-0.2, -0.15) is 0 Å². The van der Waals surface area contributed by atoms with Gasteiger partial charge in [-0.15, -0.1) is 0 Å². The van der Waals surface area contributed by atoms with Gasteiger partial charge >= 0.3 is 0 Å². The van der Waals surface area contributed by atoms with Crippen LogP contribution < -0.4 is 15.4 Å². The first kappa shape index (κ1) is 15.6. The first-order chi connectivity index (χ1) is 10.6. The molecule has 0 unspecified atom stereocenters. The fraction of sp³-hybridized carbons (Fsp3) is 0.176. The molecule has 0 aliphatic rings. The van der Waals surface area contributed by atoms with Crippen LogP contribution in [0.25, 0.3) is 0 Å². The lowest BCUT2D eigenvalue weighted by molar-refractivity contribution is -0.115. The van der Waals surface area contributed by atoms with Crippen LogP contribution in [-0.2, 0) is 4.79 Å². The van der Waals surface area contributed by atoms with Crippen molar-refractivity contribution in [3.05, 3.63) is 59.7 Å². The highest BCUT2D eigenvalue weighted by Crippen LogP contribution is 2.24. The van der Waals surface area contributed by atoms with Crippen molar-refractivity contribution in [1.82, 2.24) is 5.32 Å². The first-order valence-corrected chi connectivity index (χ1v) is 6.88. The van der Waals surface area contributed by atoms with Crippen molar-refractivity contribution in [1.29, 1.82) is 0 Å². The van der Waals surface area contributed by atoms with Crippen LogP contribution >= 0.6 is 0 Å². The molecule has 2 aromatic carbocycles. The molecule has 0 radical (unpaired) electrons. The second kappa shape index (κ2) is 7.26. The van der Waals surface area contributed by atoms with Crippen LogP contribution in [0.2, 0.25) is 0 Å². The minimum absolute atomic E-state index is 0.106. The molecule has 5 nitrogen and oxygen atoms in total. The largest absolute Gasteiger partial charge is 0.495 e. The van der Waals surface area contributed by atoms with Crippen LogP contribution in [0.3, 0.4) is 0 Å². The molecule has 2 amide bonds. The Morgan fingerprint density at radius 2 is 1.82 bits per heavy atom. The average Bonchev–Trinajstić information content (AvgIpc) is 2.53. The van der Waals surface area contributed by atoms with Gasteiger partial charge in [0.2, 0.25) is 5.91 Å². The number of nitrogens with one attached hydrogen (secondary N) is 2. The fourth-order valence-corrected chi connectivity index (χ4v) is 1.97. The highest BCUT2D eigenvalue weighted by molar-refractivity contribution is 5.99. The zero-order valence-corrected chi connectivity index (χ0v) is 12.6.